The highest BCUT2D eigenvalue weighted by Crippen LogP contribution is 2.31. The van der Waals surface area contributed by atoms with Gasteiger partial charge in [-0.05, 0) is 90.5 Å². The highest BCUT2D eigenvalue weighted by molar-refractivity contribution is 5.64. The maximum atomic E-state index is 9.89. The number of aliphatic hydroxyl groups is 2. The van der Waals surface area contributed by atoms with Gasteiger partial charge < -0.3 is 19.7 Å². The van der Waals surface area contributed by atoms with Gasteiger partial charge in [0.2, 0.25) is 0 Å². The number of rotatable bonds is 11. The molecule has 2 aromatic rings. The topological polar surface area (TPSA) is 58.9 Å². The van der Waals surface area contributed by atoms with Crippen molar-refractivity contribution in [2.24, 2.45) is 0 Å². The lowest BCUT2D eigenvalue weighted by molar-refractivity contribution is -0.0500. The molecule has 0 saturated heterocycles. The Morgan fingerprint density at radius 2 is 0.812 bits per heavy atom. The molecule has 0 bridgehead atoms. The zero-order chi connectivity index (χ0) is 24.2. The summed E-state index contributed by atoms with van der Waals surface area (Å²) < 4.78 is 12.1. The molecule has 4 heteroatoms. The first-order chi connectivity index (χ1) is 14.6. The van der Waals surface area contributed by atoms with E-state index in [1.54, 1.807) is 27.7 Å². The molecular weight excluding hydrogens is 400 g/mol. The van der Waals surface area contributed by atoms with E-state index in [0.29, 0.717) is 26.1 Å². The molecule has 2 rings (SSSR count). The fourth-order valence-electron chi connectivity index (χ4n) is 3.41. The summed E-state index contributed by atoms with van der Waals surface area (Å²) in [7, 11) is 0. The zero-order valence-corrected chi connectivity index (χ0v) is 21.2. The van der Waals surface area contributed by atoms with Gasteiger partial charge >= 0.3 is 0 Å². The van der Waals surface area contributed by atoms with Gasteiger partial charge in [0.1, 0.15) is 0 Å². The van der Waals surface area contributed by atoms with E-state index in [1.165, 1.54) is 0 Å². The third kappa shape index (κ3) is 8.32. The number of hydrogen-bond acceptors (Lipinski definition) is 4. The highest BCUT2D eigenvalue weighted by atomic mass is 16.5. The molecule has 2 N–H and O–H groups in total. The van der Waals surface area contributed by atoms with Crippen molar-refractivity contribution in [2.75, 3.05) is 13.2 Å². The molecule has 178 valence electrons. The van der Waals surface area contributed by atoms with Crippen molar-refractivity contribution < 1.29 is 19.7 Å². The van der Waals surface area contributed by atoms with Gasteiger partial charge in [-0.3, -0.25) is 0 Å². The van der Waals surface area contributed by atoms with Crippen LogP contribution in [0, 0.1) is 0 Å². The summed E-state index contributed by atoms with van der Waals surface area (Å²) in [5.74, 6) is 0. The number of benzene rings is 2. The van der Waals surface area contributed by atoms with Crippen LogP contribution in [0.5, 0.6) is 0 Å². The minimum atomic E-state index is -0.721. The molecule has 0 aliphatic rings. The molecule has 2 aromatic carbocycles. The predicted molar refractivity (Wildman–Crippen MR) is 132 cm³/mol. The van der Waals surface area contributed by atoms with E-state index in [4.69, 9.17) is 9.47 Å². The van der Waals surface area contributed by atoms with Gasteiger partial charge in [-0.1, -0.05) is 48.5 Å². The predicted octanol–water partition coefficient (Wildman–Crippen LogP) is 6.18. The van der Waals surface area contributed by atoms with E-state index in [1.807, 2.05) is 0 Å². The molecule has 0 saturated carbocycles. The monoisotopic (exact) mass is 442 g/mol. The van der Waals surface area contributed by atoms with Crippen LogP contribution in [0.1, 0.15) is 79.4 Å². The van der Waals surface area contributed by atoms with Crippen molar-refractivity contribution in [3.63, 3.8) is 0 Å². The molecule has 0 heterocycles. The standard InChI is InChI=1S/C28H42O4/c1-25(2,29)17-19-31-27(5,6)23-13-9-21(10-14-23)22-11-15-24(16-12-22)28(7,8)32-20-18-26(3,4)30/h9-16,29-30H,17-20H2,1-8H3. The largest absolute Gasteiger partial charge is 0.390 e. The van der Waals surface area contributed by atoms with Crippen LogP contribution < -0.4 is 0 Å². The van der Waals surface area contributed by atoms with Crippen LogP contribution in [-0.2, 0) is 20.7 Å². The van der Waals surface area contributed by atoms with Gasteiger partial charge in [-0.2, -0.15) is 0 Å². The first kappa shape index (κ1) is 26.5. The third-order valence-electron chi connectivity index (χ3n) is 5.85. The maximum Gasteiger partial charge on any atom is 0.0875 e. The van der Waals surface area contributed by atoms with Crippen LogP contribution in [0.3, 0.4) is 0 Å². The fourth-order valence-corrected chi connectivity index (χ4v) is 3.41. The van der Waals surface area contributed by atoms with Crippen LogP contribution in [-0.4, -0.2) is 34.6 Å². The van der Waals surface area contributed by atoms with E-state index < -0.39 is 22.4 Å². The molecule has 0 radical (unpaired) electrons. The van der Waals surface area contributed by atoms with E-state index >= 15 is 0 Å². The third-order valence-corrected chi connectivity index (χ3v) is 5.85. The average molecular weight is 443 g/mol. The smallest absolute Gasteiger partial charge is 0.0875 e. The Morgan fingerprint density at radius 3 is 1.06 bits per heavy atom. The maximum absolute atomic E-state index is 9.89. The second kappa shape index (κ2) is 10.0. The number of hydrogen-bond donors (Lipinski definition) is 2. The fraction of sp³-hybridized carbons (Fsp3) is 0.571. The SMILES string of the molecule is CC(C)(O)CCOC(C)(C)c1ccc(-c2ccc(C(C)(C)OCCC(C)(C)O)cc2)cc1. The lowest BCUT2D eigenvalue weighted by Crippen LogP contribution is -2.27. The average Bonchev–Trinajstić information content (AvgIpc) is 2.66. The first-order valence-corrected chi connectivity index (χ1v) is 11.5. The van der Waals surface area contributed by atoms with E-state index in [9.17, 15) is 10.2 Å². The lowest BCUT2D eigenvalue weighted by Gasteiger charge is -2.28. The molecule has 0 atom stereocenters. The summed E-state index contributed by atoms with van der Waals surface area (Å²) in [6.45, 7) is 16.4. The van der Waals surface area contributed by atoms with Crippen molar-refractivity contribution in [3.05, 3.63) is 59.7 Å². The van der Waals surface area contributed by atoms with Crippen LogP contribution >= 0.6 is 0 Å². The summed E-state index contributed by atoms with van der Waals surface area (Å²) in [4.78, 5) is 0. The Hall–Kier alpha value is -1.72. The van der Waals surface area contributed by atoms with E-state index in [0.717, 1.165) is 22.3 Å². The molecule has 32 heavy (non-hydrogen) atoms. The minimum Gasteiger partial charge on any atom is -0.390 e. The Balaban J connectivity index is 2.04. The molecule has 0 unspecified atom stereocenters. The normalized spacial score (nSPS) is 13.4. The van der Waals surface area contributed by atoms with Gasteiger partial charge in [0.25, 0.3) is 0 Å². The minimum absolute atomic E-state index is 0.419. The zero-order valence-electron chi connectivity index (χ0n) is 21.2. The van der Waals surface area contributed by atoms with Gasteiger partial charge in [0.15, 0.2) is 0 Å². The van der Waals surface area contributed by atoms with Crippen molar-refractivity contribution in [1.29, 1.82) is 0 Å². The highest BCUT2D eigenvalue weighted by Gasteiger charge is 2.24. The van der Waals surface area contributed by atoms with Crippen LogP contribution in [0.2, 0.25) is 0 Å². The van der Waals surface area contributed by atoms with Crippen molar-refractivity contribution in [3.8, 4) is 11.1 Å². The summed E-state index contributed by atoms with van der Waals surface area (Å²) in [6.07, 6.45) is 1.19. The van der Waals surface area contributed by atoms with E-state index in [-0.39, 0.29) is 0 Å². The van der Waals surface area contributed by atoms with Gasteiger partial charge in [-0.15, -0.1) is 0 Å². The molecule has 4 nitrogen and oxygen atoms in total. The summed E-state index contributed by atoms with van der Waals surface area (Å²) >= 11 is 0. The summed E-state index contributed by atoms with van der Waals surface area (Å²) in [6, 6.07) is 16.9. The van der Waals surface area contributed by atoms with Gasteiger partial charge in [0.05, 0.1) is 35.6 Å². The molecule has 0 aliphatic carbocycles. The lowest BCUT2D eigenvalue weighted by atomic mass is 9.93. The molecular formula is C28H42O4. The van der Waals surface area contributed by atoms with Crippen LogP contribution in [0.15, 0.2) is 48.5 Å². The van der Waals surface area contributed by atoms with Crippen molar-refractivity contribution in [2.45, 2.75) is 90.6 Å². The molecule has 0 spiro atoms. The van der Waals surface area contributed by atoms with Crippen LogP contribution in [0.4, 0.5) is 0 Å². The van der Waals surface area contributed by atoms with Gasteiger partial charge in [0, 0.05) is 0 Å². The first-order valence-electron chi connectivity index (χ1n) is 11.5. The molecule has 0 aromatic heterocycles. The van der Waals surface area contributed by atoms with Crippen LogP contribution in [0.25, 0.3) is 11.1 Å². The van der Waals surface area contributed by atoms with Crippen molar-refractivity contribution in [1.82, 2.24) is 0 Å². The Kier molecular flexibility index (Phi) is 8.33. The second-order valence-corrected chi connectivity index (χ2v) is 11.0. The van der Waals surface area contributed by atoms with Crippen molar-refractivity contribution >= 4 is 0 Å². The summed E-state index contributed by atoms with van der Waals surface area (Å²) in [5, 5.41) is 19.8. The quantitative estimate of drug-likeness (QED) is 0.436. The Labute approximate surface area is 194 Å². The molecule has 0 fully saturated rings. The molecule has 0 aliphatic heterocycles. The van der Waals surface area contributed by atoms with E-state index in [2.05, 4.69) is 76.2 Å². The summed E-state index contributed by atoms with van der Waals surface area (Å²) in [5.41, 5.74) is 2.23. The number of ether oxygens (including phenoxy) is 2. The Morgan fingerprint density at radius 1 is 0.531 bits per heavy atom. The second-order valence-electron chi connectivity index (χ2n) is 11.0. The molecule has 0 amide bonds. The van der Waals surface area contributed by atoms with Gasteiger partial charge in [-0.25, -0.2) is 0 Å². The Bertz CT molecular complexity index is 761.